The lowest BCUT2D eigenvalue weighted by Crippen LogP contribution is -2.41. The number of fused-ring (bicyclic) bond motifs is 1. The Morgan fingerprint density at radius 2 is 2.35 bits per heavy atom. The van der Waals surface area contributed by atoms with Crippen molar-refractivity contribution >= 4 is 5.91 Å². The van der Waals surface area contributed by atoms with Crippen molar-refractivity contribution < 1.29 is 4.79 Å². The van der Waals surface area contributed by atoms with Gasteiger partial charge in [-0.15, -0.1) is 0 Å². The zero-order valence-corrected chi connectivity index (χ0v) is 11.3. The topological polar surface area (TPSA) is 71.8 Å². The molecule has 1 aromatic carbocycles. The number of rotatable bonds is 3. The van der Waals surface area contributed by atoms with Crippen molar-refractivity contribution in [1.29, 1.82) is 0 Å². The number of benzene rings is 1. The quantitative estimate of drug-likeness (QED) is 0.843. The summed E-state index contributed by atoms with van der Waals surface area (Å²) in [5.74, 6) is 0.578. The highest BCUT2D eigenvalue weighted by Gasteiger charge is 2.25. The van der Waals surface area contributed by atoms with Crippen LogP contribution < -0.4 is 10.6 Å². The lowest BCUT2D eigenvalue weighted by molar-refractivity contribution is -0.123. The average molecular weight is 271 g/mol. The van der Waals surface area contributed by atoms with E-state index in [1.165, 1.54) is 5.56 Å². The van der Waals surface area contributed by atoms with Gasteiger partial charge in [-0.25, -0.2) is 4.98 Å². The Hall–Kier alpha value is -2.21. The zero-order valence-electron chi connectivity index (χ0n) is 11.3. The first kappa shape index (κ1) is 12.8. The molecule has 2 heterocycles. The number of hydrogen-bond donors (Lipinski definition) is 2. The second-order valence-electron chi connectivity index (χ2n) is 4.89. The van der Waals surface area contributed by atoms with Crippen molar-refractivity contribution in [3.05, 3.63) is 47.5 Å². The molecular formula is C14H17N5O. The SMILES string of the molecule is Cn1cnc(CNC(=O)C2NCCc3ccccc32)n1. The van der Waals surface area contributed by atoms with Gasteiger partial charge in [0.1, 0.15) is 12.4 Å². The largest absolute Gasteiger partial charge is 0.347 e. The van der Waals surface area contributed by atoms with Crippen molar-refractivity contribution in [3.63, 3.8) is 0 Å². The molecule has 0 bridgehead atoms. The molecule has 20 heavy (non-hydrogen) atoms. The van der Waals surface area contributed by atoms with Crippen LogP contribution in [-0.2, 0) is 24.8 Å². The van der Waals surface area contributed by atoms with Crippen LogP contribution in [0.1, 0.15) is 23.0 Å². The van der Waals surface area contributed by atoms with E-state index in [2.05, 4.69) is 26.8 Å². The van der Waals surface area contributed by atoms with Crippen LogP contribution in [0.4, 0.5) is 0 Å². The molecule has 1 unspecified atom stereocenters. The van der Waals surface area contributed by atoms with E-state index in [1.807, 2.05) is 18.2 Å². The first-order valence-corrected chi connectivity index (χ1v) is 6.67. The summed E-state index contributed by atoms with van der Waals surface area (Å²) in [5, 5.41) is 10.3. The number of carbonyl (C=O) groups excluding carboxylic acids is 1. The minimum atomic E-state index is -0.288. The van der Waals surface area contributed by atoms with Gasteiger partial charge < -0.3 is 10.6 Å². The molecule has 6 nitrogen and oxygen atoms in total. The van der Waals surface area contributed by atoms with Crippen LogP contribution in [0.5, 0.6) is 0 Å². The van der Waals surface area contributed by atoms with Crippen LogP contribution >= 0.6 is 0 Å². The summed E-state index contributed by atoms with van der Waals surface area (Å²) < 4.78 is 1.62. The van der Waals surface area contributed by atoms with Gasteiger partial charge >= 0.3 is 0 Å². The lowest BCUT2D eigenvalue weighted by Gasteiger charge is -2.25. The van der Waals surface area contributed by atoms with Crippen LogP contribution in [0.2, 0.25) is 0 Å². The second-order valence-corrected chi connectivity index (χ2v) is 4.89. The van der Waals surface area contributed by atoms with Gasteiger partial charge in [0.15, 0.2) is 5.82 Å². The molecule has 0 radical (unpaired) electrons. The third-order valence-electron chi connectivity index (χ3n) is 3.44. The van der Waals surface area contributed by atoms with Crippen molar-refractivity contribution in [2.75, 3.05) is 6.54 Å². The monoisotopic (exact) mass is 271 g/mol. The fraction of sp³-hybridized carbons (Fsp3) is 0.357. The number of nitrogens with zero attached hydrogens (tertiary/aromatic N) is 3. The maximum Gasteiger partial charge on any atom is 0.242 e. The molecule has 104 valence electrons. The molecule has 1 amide bonds. The van der Waals surface area contributed by atoms with Gasteiger partial charge in [0.05, 0.1) is 6.54 Å². The highest BCUT2D eigenvalue weighted by Crippen LogP contribution is 2.22. The van der Waals surface area contributed by atoms with Crippen LogP contribution in [0, 0.1) is 0 Å². The number of aromatic nitrogens is 3. The van der Waals surface area contributed by atoms with Crippen LogP contribution in [0.25, 0.3) is 0 Å². The van der Waals surface area contributed by atoms with Gasteiger partial charge in [-0.05, 0) is 17.5 Å². The fourth-order valence-corrected chi connectivity index (χ4v) is 2.47. The van der Waals surface area contributed by atoms with E-state index in [1.54, 1.807) is 18.1 Å². The predicted octanol–water partition coefficient (Wildman–Crippen LogP) is 0.318. The van der Waals surface area contributed by atoms with E-state index in [0.29, 0.717) is 12.4 Å². The predicted molar refractivity (Wildman–Crippen MR) is 73.7 cm³/mol. The number of hydrogen-bond acceptors (Lipinski definition) is 4. The lowest BCUT2D eigenvalue weighted by atomic mass is 9.94. The van der Waals surface area contributed by atoms with E-state index in [0.717, 1.165) is 18.5 Å². The van der Waals surface area contributed by atoms with E-state index in [9.17, 15) is 4.79 Å². The molecule has 0 spiro atoms. The average Bonchev–Trinajstić information content (AvgIpc) is 2.90. The Labute approximate surface area is 117 Å². The third kappa shape index (κ3) is 2.55. The minimum absolute atomic E-state index is 0.0374. The molecule has 2 aromatic rings. The Bertz CT molecular complexity index is 622. The maximum absolute atomic E-state index is 12.3. The standard InChI is InChI=1S/C14H17N5O/c1-19-9-17-12(18-19)8-16-14(20)13-11-5-3-2-4-10(11)6-7-15-13/h2-5,9,13,15H,6-8H2,1H3,(H,16,20). The molecule has 1 aliphatic heterocycles. The molecule has 6 heteroatoms. The van der Waals surface area contributed by atoms with Crippen LogP contribution in [0.15, 0.2) is 30.6 Å². The highest BCUT2D eigenvalue weighted by molar-refractivity contribution is 5.83. The maximum atomic E-state index is 12.3. The second kappa shape index (κ2) is 5.42. The van der Waals surface area contributed by atoms with Gasteiger partial charge in [-0.3, -0.25) is 9.48 Å². The summed E-state index contributed by atoms with van der Waals surface area (Å²) in [4.78, 5) is 16.4. The molecule has 1 aromatic heterocycles. The van der Waals surface area contributed by atoms with Gasteiger partial charge in [-0.2, -0.15) is 5.10 Å². The van der Waals surface area contributed by atoms with Gasteiger partial charge in [0, 0.05) is 13.6 Å². The minimum Gasteiger partial charge on any atom is -0.347 e. The van der Waals surface area contributed by atoms with E-state index in [-0.39, 0.29) is 11.9 Å². The molecular weight excluding hydrogens is 254 g/mol. The highest BCUT2D eigenvalue weighted by atomic mass is 16.2. The van der Waals surface area contributed by atoms with E-state index in [4.69, 9.17) is 0 Å². The van der Waals surface area contributed by atoms with E-state index >= 15 is 0 Å². The summed E-state index contributed by atoms with van der Waals surface area (Å²) in [6.45, 7) is 1.16. The molecule has 0 aliphatic carbocycles. The number of nitrogens with one attached hydrogen (secondary N) is 2. The fourth-order valence-electron chi connectivity index (χ4n) is 2.47. The van der Waals surface area contributed by atoms with Gasteiger partial charge in [-0.1, -0.05) is 24.3 Å². The number of aryl methyl sites for hydroxylation is 1. The Morgan fingerprint density at radius 3 is 3.15 bits per heavy atom. The molecule has 1 aliphatic rings. The van der Waals surface area contributed by atoms with Crippen molar-refractivity contribution in [3.8, 4) is 0 Å². The van der Waals surface area contributed by atoms with Crippen LogP contribution in [-0.4, -0.2) is 27.2 Å². The third-order valence-corrected chi connectivity index (χ3v) is 3.44. The normalized spacial score (nSPS) is 17.6. The molecule has 0 saturated carbocycles. The first-order valence-electron chi connectivity index (χ1n) is 6.67. The molecule has 2 N–H and O–H groups in total. The van der Waals surface area contributed by atoms with Crippen molar-refractivity contribution in [1.82, 2.24) is 25.4 Å². The zero-order chi connectivity index (χ0) is 13.9. The van der Waals surface area contributed by atoms with E-state index < -0.39 is 0 Å². The number of amides is 1. The first-order chi connectivity index (χ1) is 9.74. The molecule has 1 atom stereocenters. The summed E-state index contributed by atoms with van der Waals surface area (Å²) in [5.41, 5.74) is 2.30. The van der Waals surface area contributed by atoms with Crippen LogP contribution in [0.3, 0.4) is 0 Å². The Morgan fingerprint density at radius 1 is 1.50 bits per heavy atom. The van der Waals surface area contributed by atoms with Gasteiger partial charge in [0.2, 0.25) is 5.91 Å². The summed E-state index contributed by atoms with van der Waals surface area (Å²) in [6, 6.07) is 7.77. The summed E-state index contributed by atoms with van der Waals surface area (Å²) in [6.07, 6.45) is 2.58. The van der Waals surface area contributed by atoms with Crippen molar-refractivity contribution in [2.24, 2.45) is 7.05 Å². The Balaban J connectivity index is 1.69. The summed E-state index contributed by atoms with van der Waals surface area (Å²) >= 11 is 0. The smallest absolute Gasteiger partial charge is 0.242 e. The molecule has 0 fully saturated rings. The van der Waals surface area contributed by atoms with Gasteiger partial charge in [0.25, 0.3) is 0 Å². The summed E-state index contributed by atoms with van der Waals surface area (Å²) in [7, 11) is 1.80. The molecule has 3 rings (SSSR count). The number of carbonyl (C=O) groups is 1. The molecule has 0 saturated heterocycles. The Kier molecular flexibility index (Phi) is 3.47. The van der Waals surface area contributed by atoms with Crippen molar-refractivity contribution in [2.45, 2.75) is 19.0 Å².